The van der Waals surface area contributed by atoms with Crippen molar-refractivity contribution >= 4 is 11.5 Å². The van der Waals surface area contributed by atoms with Crippen LogP contribution in [0.25, 0.3) is 11.1 Å². The van der Waals surface area contributed by atoms with Gasteiger partial charge in [-0.25, -0.2) is 0 Å². The summed E-state index contributed by atoms with van der Waals surface area (Å²) >= 11 is 0. The normalized spacial score (nSPS) is 10.3. The summed E-state index contributed by atoms with van der Waals surface area (Å²) in [6.07, 6.45) is 4.84. The van der Waals surface area contributed by atoms with Crippen LogP contribution in [0, 0.1) is 10.1 Å². The van der Waals surface area contributed by atoms with Crippen LogP contribution in [0.4, 0.5) is 11.5 Å². The van der Waals surface area contributed by atoms with Crippen molar-refractivity contribution < 1.29 is 5.03 Å². The lowest BCUT2D eigenvalue weighted by Gasteiger charge is -2.07. The van der Waals surface area contributed by atoms with E-state index in [0.29, 0.717) is 10.6 Å². The SMILES string of the molecule is O=[N+]([O-])n1nccc1Nc1cccc(-c2cccnc2)c1. The van der Waals surface area contributed by atoms with E-state index in [1.165, 1.54) is 6.20 Å². The smallest absolute Gasteiger partial charge is 0.203 e. The van der Waals surface area contributed by atoms with Crippen LogP contribution >= 0.6 is 0 Å². The molecule has 0 saturated heterocycles. The van der Waals surface area contributed by atoms with E-state index < -0.39 is 5.03 Å². The lowest BCUT2D eigenvalue weighted by molar-refractivity contribution is -0.550. The number of hydrogen-bond acceptors (Lipinski definition) is 5. The van der Waals surface area contributed by atoms with E-state index in [-0.39, 0.29) is 0 Å². The number of nitro groups is 1. The van der Waals surface area contributed by atoms with Gasteiger partial charge in [-0.05, 0) is 23.8 Å². The third-order valence-electron chi connectivity index (χ3n) is 2.91. The third kappa shape index (κ3) is 2.71. The molecule has 0 saturated carbocycles. The summed E-state index contributed by atoms with van der Waals surface area (Å²) in [4.78, 5) is 15.6. The number of pyridine rings is 1. The maximum absolute atomic E-state index is 10.8. The average Bonchev–Trinajstić information content (AvgIpc) is 2.97. The lowest BCUT2D eigenvalue weighted by Crippen LogP contribution is -2.12. The molecule has 0 unspecified atom stereocenters. The second kappa shape index (κ2) is 5.41. The molecule has 0 radical (unpaired) electrons. The van der Waals surface area contributed by atoms with Gasteiger partial charge in [0.2, 0.25) is 5.82 Å². The average molecular weight is 281 g/mol. The van der Waals surface area contributed by atoms with Gasteiger partial charge in [-0.1, -0.05) is 18.2 Å². The minimum atomic E-state index is -0.590. The van der Waals surface area contributed by atoms with Crippen molar-refractivity contribution in [2.45, 2.75) is 0 Å². The molecule has 0 aliphatic heterocycles. The fourth-order valence-corrected chi connectivity index (χ4v) is 1.98. The summed E-state index contributed by atoms with van der Waals surface area (Å²) in [7, 11) is 0. The van der Waals surface area contributed by atoms with Gasteiger partial charge >= 0.3 is 0 Å². The lowest BCUT2D eigenvalue weighted by atomic mass is 10.1. The molecule has 0 aliphatic carbocycles. The van der Waals surface area contributed by atoms with E-state index in [4.69, 9.17) is 0 Å². The van der Waals surface area contributed by atoms with Crippen LogP contribution in [-0.4, -0.2) is 19.9 Å². The van der Waals surface area contributed by atoms with Crippen LogP contribution in [0.2, 0.25) is 0 Å². The van der Waals surface area contributed by atoms with E-state index in [1.807, 2.05) is 36.4 Å². The molecule has 0 atom stereocenters. The molecule has 1 N–H and O–H groups in total. The van der Waals surface area contributed by atoms with E-state index in [2.05, 4.69) is 15.4 Å². The van der Waals surface area contributed by atoms with Crippen LogP contribution in [-0.2, 0) is 0 Å². The molecule has 2 aromatic heterocycles. The Bertz CT molecular complexity index is 770. The molecular weight excluding hydrogens is 270 g/mol. The molecule has 104 valence electrons. The summed E-state index contributed by atoms with van der Waals surface area (Å²) in [6, 6.07) is 12.9. The first-order chi connectivity index (χ1) is 10.2. The highest BCUT2D eigenvalue weighted by Gasteiger charge is 2.11. The monoisotopic (exact) mass is 281 g/mol. The Labute approximate surface area is 120 Å². The highest BCUT2D eigenvalue weighted by Crippen LogP contribution is 2.23. The molecule has 0 amide bonds. The van der Waals surface area contributed by atoms with E-state index in [1.54, 1.807) is 18.5 Å². The highest BCUT2D eigenvalue weighted by molar-refractivity contribution is 5.69. The van der Waals surface area contributed by atoms with Crippen molar-refractivity contribution in [3.63, 3.8) is 0 Å². The van der Waals surface area contributed by atoms with Gasteiger partial charge in [0, 0.05) is 39.6 Å². The summed E-state index contributed by atoms with van der Waals surface area (Å²) in [6.45, 7) is 0. The number of rotatable bonds is 4. The van der Waals surface area contributed by atoms with Crippen molar-refractivity contribution in [1.82, 2.24) is 14.9 Å². The summed E-state index contributed by atoms with van der Waals surface area (Å²) in [5, 5.41) is 16.8. The molecule has 0 aliphatic rings. The van der Waals surface area contributed by atoms with Crippen LogP contribution in [0.1, 0.15) is 0 Å². The van der Waals surface area contributed by atoms with Gasteiger partial charge in [0.05, 0.1) is 5.03 Å². The Hall–Kier alpha value is -3.22. The standard InChI is InChI=1S/C14H11N5O2/c20-19(21)18-14(6-8-16-18)17-13-5-1-3-11(9-13)12-4-2-7-15-10-12/h1-10,17H. The number of nitrogens with zero attached hydrogens (tertiary/aromatic N) is 4. The Morgan fingerprint density at radius 1 is 1.10 bits per heavy atom. The number of aromatic nitrogens is 3. The van der Waals surface area contributed by atoms with Crippen LogP contribution in [0.15, 0.2) is 61.1 Å². The Morgan fingerprint density at radius 2 is 1.95 bits per heavy atom. The summed E-state index contributed by atoms with van der Waals surface area (Å²) in [5.41, 5.74) is 2.68. The summed E-state index contributed by atoms with van der Waals surface area (Å²) < 4.78 is 0. The first-order valence-corrected chi connectivity index (χ1v) is 6.20. The number of nitrogens with one attached hydrogen (secondary N) is 1. The van der Waals surface area contributed by atoms with Gasteiger partial charge in [0.25, 0.3) is 0 Å². The molecule has 0 bridgehead atoms. The molecule has 0 spiro atoms. The topological polar surface area (TPSA) is 85.9 Å². The van der Waals surface area contributed by atoms with Crippen molar-refractivity contribution in [2.24, 2.45) is 0 Å². The van der Waals surface area contributed by atoms with Crippen molar-refractivity contribution in [2.75, 3.05) is 5.32 Å². The van der Waals surface area contributed by atoms with Gasteiger partial charge in [0.15, 0.2) is 6.20 Å². The number of hydrogen-bond donors (Lipinski definition) is 1. The molecule has 7 nitrogen and oxygen atoms in total. The minimum absolute atomic E-state index is 0.295. The van der Waals surface area contributed by atoms with Crippen LogP contribution in [0.3, 0.4) is 0 Å². The second-order valence-corrected chi connectivity index (χ2v) is 4.29. The van der Waals surface area contributed by atoms with Crippen molar-refractivity contribution in [3.05, 3.63) is 71.2 Å². The predicted molar refractivity (Wildman–Crippen MR) is 77.6 cm³/mol. The molecule has 3 aromatic rings. The first kappa shape index (κ1) is 12.8. The molecule has 21 heavy (non-hydrogen) atoms. The van der Waals surface area contributed by atoms with Gasteiger partial charge in [-0.15, -0.1) is 0 Å². The largest absolute Gasteiger partial charge is 0.339 e. The number of benzene rings is 1. The van der Waals surface area contributed by atoms with E-state index in [0.717, 1.165) is 16.8 Å². The summed E-state index contributed by atoms with van der Waals surface area (Å²) in [5.74, 6) is 0.295. The quantitative estimate of drug-likeness (QED) is 0.587. The first-order valence-electron chi connectivity index (χ1n) is 6.20. The maximum atomic E-state index is 10.8. The zero-order valence-electron chi connectivity index (χ0n) is 10.9. The Morgan fingerprint density at radius 3 is 2.71 bits per heavy atom. The van der Waals surface area contributed by atoms with E-state index in [9.17, 15) is 10.1 Å². The van der Waals surface area contributed by atoms with Gasteiger partial charge < -0.3 is 15.4 Å². The fraction of sp³-hybridized carbons (Fsp3) is 0. The fourth-order valence-electron chi connectivity index (χ4n) is 1.98. The highest BCUT2D eigenvalue weighted by atomic mass is 16.7. The maximum Gasteiger partial charge on any atom is 0.203 e. The number of anilines is 2. The second-order valence-electron chi connectivity index (χ2n) is 4.29. The van der Waals surface area contributed by atoms with Gasteiger partial charge in [0.1, 0.15) is 0 Å². The van der Waals surface area contributed by atoms with Crippen molar-refractivity contribution in [1.29, 1.82) is 0 Å². The van der Waals surface area contributed by atoms with Crippen LogP contribution in [0.5, 0.6) is 0 Å². The Kier molecular flexibility index (Phi) is 3.30. The molecule has 1 aromatic carbocycles. The third-order valence-corrected chi connectivity index (χ3v) is 2.91. The molecular formula is C14H11N5O2. The minimum Gasteiger partial charge on any atom is -0.339 e. The zero-order valence-corrected chi connectivity index (χ0v) is 10.9. The van der Waals surface area contributed by atoms with Crippen LogP contribution < -0.4 is 5.32 Å². The van der Waals surface area contributed by atoms with E-state index >= 15 is 0 Å². The molecule has 7 heteroatoms. The van der Waals surface area contributed by atoms with Gasteiger partial charge in [-0.2, -0.15) is 0 Å². The van der Waals surface area contributed by atoms with Crippen molar-refractivity contribution in [3.8, 4) is 11.1 Å². The Balaban J connectivity index is 1.90. The predicted octanol–water partition coefficient (Wildman–Crippen LogP) is 2.73. The molecule has 3 rings (SSSR count). The molecule has 2 heterocycles. The zero-order chi connectivity index (χ0) is 14.7. The van der Waals surface area contributed by atoms with Gasteiger partial charge in [-0.3, -0.25) is 4.98 Å². The molecule has 0 fully saturated rings.